The number of benzene rings is 2. The second kappa shape index (κ2) is 11.0. The number of anilines is 1. The van der Waals surface area contributed by atoms with Gasteiger partial charge in [0.15, 0.2) is 5.82 Å². The highest BCUT2D eigenvalue weighted by Gasteiger charge is 2.40. The molecular weight excluding hydrogens is 591 g/mol. The van der Waals surface area contributed by atoms with Gasteiger partial charge in [-0.25, -0.2) is 18.0 Å². The molecule has 1 saturated heterocycles. The molecule has 0 radical (unpaired) electrons. The van der Waals surface area contributed by atoms with E-state index in [9.17, 15) is 14.7 Å². The van der Waals surface area contributed by atoms with E-state index in [-0.39, 0.29) is 58.3 Å². The zero-order chi connectivity index (χ0) is 31.6. The van der Waals surface area contributed by atoms with Gasteiger partial charge in [0.2, 0.25) is 5.91 Å². The minimum atomic E-state index is -1.21. The fourth-order valence-electron chi connectivity index (χ4n) is 6.22. The molecule has 2 aliphatic heterocycles. The molecule has 228 valence electrons. The van der Waals surface area contributed by atoms with Crippen molar-refractivity contribution in [3.63, 3.8) is 0 Å². The first-order valence-corrected chi connectivity index (χ1v) is 15.2. The van der Waals surface area contributed by atoms with Crippen molar-refractivity contribution in [2.24, 2.45) is 0 Å². The van der Waals surface area contributed by atoms with Crippen LogP contribution < -0.4 is 10.6 Å². The largest absolute Gasteiger partial charge is 0.507 e. The van der Waals surface area contributed by atoms with Crippen LogP contribution >= 0.6 is 11.8 Å². The van der Waals surface area contributed by atoms with Gasteiger partial charge < -0.3 is 14.9 Å². The predicted octanol–water partition coefficient (Wildman–Crippen LogP) is 5.70. The van der Waals surface area contributed by atoms with Gasteiger partial charge in [-0.2, -0.15) is 4.98 Å². The van der Waals surface area contributed by atoms with E-state index in [2.05, 4.69) is 16.5 Å². The SMILES string of the molecule is C=CC(=O)N1CC2CSc3c(F)c(-c4c(O)cccc4F)c(F)c4c3c(nc(=O)n4-c3c(C)ccnc3C(C)C)N2CC1C. The Labute approximate surface area is 255 Å². The molecule has 0 bridgehead atoms. The first kappa shape index (κ1) is 29.7. The highest BCUT2D eigenvalue weighted by Crippen LogP contribution is 2.48. The highest BCUT2D eigenvalue weighted by atomic mass is 32.2. The van der Waals surface area contributed by atoms with E-state index < -0.39 is 46.1 Å². The summed E-state index contributed by atoms with van der Waals surface area (Å²) in [5.41, 5.74) is -1.16. The number of rotatable bonds is 4. The van der Waals surface area contributed by atoms with Crippen LogP contribution in [-0.2, 0) is 4.79 Å². The lowest BCUT2D eigenvalue weighted by atomic mass is 9.98. The van der Waals surface area contributed by atoms with Gasteiger partial charge in [-0.3, -0.25) is 14.3 Å². The summed E-state index contributed by atoms with van der Waals surface area (Å²) in [4.78, 5) is 39.1. The number of carbonyl (C=O) groups excluding carboxylic acids is 1. The molecule has 1 amide bonds. The molecule has 8 nitrogen and oxygen atoms in total. The summed E-state index contributed by atoms with van der Waals surface area (Å²) < 4.78 is 50.1. The number of halogens is 3. The Morgan fingerprint density at radius 3 is 2.59 bits per heavy atom. The monoisotopic (exact) mass is 621 g/mol. The lowest BCUT2D eigenvalue weighted by Crippen LogP contribution is -2.60. The molecule has 6 rings (SSSR count). The average Bonchev–Trinajstić information content (AvgIpc) is 3.13. The standard InChI is InChI=1S/C32H30F3N5O3S/c1-6-21(42)38-13-18-14-44-30-24-29(25(34)23(26(30)35)22-19(33)8-7-9-20(22)41)40(28-16(4)10-11-36-27(28)15(2)3)32(43)37-31(24)39(18)12-17(38)5/h6-11,15,17-18,41H,1,12-14H2,2-5H3. The lowest BCUT2D eigenvalue weighted by Gasteiger charge is -2.45. The van der Waals surface area contributed by atoms with Gasteiger partial charge in [0.05, 0.1) is 44.3 Å². The van der Waals surface area contributed by atoms with E-state index >= 15 is 13.2 Å². The number of piperazine rings is 1. The van der Waals surface area contributed by atoms with E-state index in [0.29, 0.717) is 16.9 Å². The number of hydrogen-bond acceptors (Lipinski definition) is 7. The highest BCUT2D eigenvalue weighted by molar-refractivity contribution is 7.99. The number of fused-ring (bicyclic) bond motifs is 2. The number of pyridine rings is 1. The normalized spacial score (nSPS) is 18.0. The Balaban J connectivity index is 1.77. The van der Waals surface area contributed by atoms with Crippen molar-refractivity contribution < 1.29 is 23.1 Å². The molecule has 2 unspecified atom stereocenters. The van der Waals surface area contributed by atoms with Crippen LogP contribution in [0.1, 0.15) is 37.9 Å². The van der Waals surface area contributed by atoms with Gasteiger partial charge in [-0.05, 0) is 49.6 Å². The molecule has 1 fully saturated rings. The molecular formula is C32H30F3N5O3S. The molecule has 0 aliphatic carbocycles. The number of phenols is 1. The Hall–Kier alpha value is -4.32. The molecule has 0 spiro atoms. The topological polar surface area (TPSA) is 91.6 Å². The van der Waals surface area contributed by atoms with E-state index in [1.807, 2.05) is 25.7 Å². The lowest BCUT2D eigenvalue weighted by molar-refractivity contribution is -0.128. The third kappa shape index (κ3) is 4.45. The number of carbonyl (C=O) groups is 1. The number of thioether (sulfide) groups is 1. The zero-order valence-electron chi connectivity index (χ0n) is 24.6. The van der Waals surface area contributed by atoms with Crippen molar-refractivity contribution in [1.29, 1.82) is 0 Å². The molecule has 2 aromatic carbocycles. The summed E-state index contributed by atoms with van der Waals surface area (Å²) in [6, 6.07) is 4.34. The Morgan fingerprint density at radius 1 is 1.16 bits per heavy atom. The summed E-state index contributed by atoms with van der Waals surface area (Å²) in [7, 11) is 0. The number of hydrogen-bond donors (Lipinski definition) is 1. The molecule has 4 aromatic rings. The second-order valence-electron chi connectivity index (χ2n) is 11.4. The van der Waals surface area contributed by atoms with Crippen LogP contribution in [0.4, 0.5) is 19.0 Å². The van der Waals surface area contributed by atoms with Gasteiger partial charge in [-0.15, -0.1) is 11.8 Å². The van der Waals surface area contributed by atoms with Crippen LogP contribution in [-0.4, -0.2) is 61.4 Å². The van der Waals surface area contributed by atoms with E-state index in [1.54, 1.807) is 24.1 Å². The van der Waals surface area contributed by atoms with Gasteiger partial charge >= 0.3 is 5.69 Å². The van der Waals surface area contributed by atoms with Crippen molar-refractivity contribution in [1.82, 2.24) is 19.4 Å². The number of aromatic hydroxyl groups is 1. The molecule has 44 heavy (non-hydrogen) atoms. The third-order valence-corrected chi connectivity index (χ3v) is 9.53. The van der Waals surface area contributed by atoms with Crippen molar-refractivity contribution >= 4 is 34.4 Å². The molecule has 12 heteroatoms. The predicted molar refractivity (Wildman–Crippen MR) is 164 cm³/mol. The van der Waals surface area contributed by atoms with E-state index in [1.165, 1.54) is 12.1 Å². The maximum absolute atomic E-state index is 17.1. The van der Waals surface area contributed by atoms with Crippen LogP contribution in [0.15, 0.2) is 52.8 Å². The Kier molecular flexibility index (Phi) is 7.43. The first-order chi connectivity index (χ1) is 21.0. The fourth-order valence-corrected chi connectivity index (χ4v) is 7.43. The van der Waals surface area contributed by atoms with E-state index in [4.69, 9.17) is 0 Å². The van der Waals surface area contributed by atoms with Crippen molar-refractivity contribution in [2.45, 2.75) is 50.6 Å². The summed E-state index contributed by atoms with van der Waals surface area (Å²) in [6.07, 6.45) is 2.82. The summed E-state index contributed by atoms with van der Waals surface area (Å²) >= 11 is 1.07. The minimum absolute atomic E-state index is 0.0356. The molecule has 2 atom stereocenters. The fraction of sp³-hybridized carbons (Fsp3) is 0.312. The van der Waals surface area contributed by atoms with Crippen LogP contribution in [0.25, 0.3) is 27.7 Å². The molecule has 1 N–H and O–H groups in total. The molecule has 4 heterocycles. The van der Waals surface area contributed by atoms with E-state index in [0.717, 1.165) is 28.5 Å². The Morgan fingerprint density at radius 2 is 1.91 bits per heavy atom. The third-order valence-electron chi connectivity index (χ3n) is 8.31. The molecule has 0 saturated carbocycles. The molecule has 2 aliphatic rings. The summed E-state index contributed by atoms with van der Waals surface area (Å²) in [6.45, 7) is 11.4. The first-order valence-electron chi connectivity index (χ1n) is 14.2. The van der Waals surface area contributed by atoms with Crippen molar-refractivity contribution in [2.75, 3.05) is 23.7 Å². The summed E-state index contributed by atoms with van der Waals surface area (Å²) in [5.74, 6) is -4.08. The van der Waals surface area contributed by atoms with Crippen LogP contribution in [0.2, 0.25) is 0 Å². The van der Waals surface area contributed by atoms with Gasteiger partial charge in [-0.1, -0.05) is 26.5 Å². The molecule has 2 aromatic heterocycles. The number of aryl methyl sites for hydroxylation is 1. The van der Waals surface area contributed by atoms with Gasteiger partial charge in [0, 0.05) is 31.1 Å². The van der Waals surface area contributed by atoms with Gasteiger partial charge in [0.1, 0.15) is 23.2 Å². The van der Waals surface area contributed by atoms with Gasteiger partial charge in [0.25, 0.3) is 0 Å². The van der Waals surface area contributed by atoms with Crippen LogP contribution in [0.3, 0.4) is 0 Å². The maximum Gasteiger partial charge on any atom is 0.354 e. The second-order valence-corrected chi connectivity index (χ2v) is 12.5. The zero-order valence-corrected chi connectivity index (χ0v) is 25.4. The number of phenolic OH excluding ortho intramolecular Hbond substituents is 1. The van der Waals surface area contributed by atoms with Crippen molar-refractivity contribution in [3.8, 4) is 22.6 Å². The number of aromatic nitrogens is 3. The maximum atomic E-state index is 17.1. The average molecular weight is 622 g/mol. The smallest absolute Gasteiger partial charge is 0.354 e. The Bertz CT molecular complexity index is 1910. The van der Waals surface area contributed by atoms with Crippen LogP contribution in [0.5, 0.6) is 5.75 Å². The van der Waals surface area contributed by atoms with Crippen LogP contribution in [0, 0.1) is 24.4 Å². The minimum Gasteiger partial charge on any atom is -0.507 e. The quantitative estimate of drug-likeness (QED) is 0.293. The van der Waals surface area contributed by atoms with Crippen molar-refractivity contribution in [3.05, 3.63) is 82.3 Å². The number of amides is 1. The summed E-state index contributed by atoms with van der Waals surface area (Å²) in [5, 5.41) is 10.7. The number of nitrogens with zero attached hydrogens (tertiary/aromatic N) is 5.